The van der Waals surface area contributed by atoms with Crippen molar-refractivity contribution in [3.8, 4) is 5.75 Å². The minimum absolute atomic E-state index is 0.0113. The number of aryl methyl sites for hydroxylation is 1. The maximum Gasteiger partial charge on any atom is 0.260 e. The maximum absolute atomic E-state index is 12.3. The van der Waals surface area contributed by atoms with Crippen LogP contribution in [-0.4, -0.2) is 49.4 Å². The van der Waals surface area contributed by atoms with Crippen molar-refractivity contribution in [3.63, 3.8) is 0 Å². The second-order valence-electron chi connectivity index (χ2n) is 6.57. The molecule has 2 aromatic rings. The van der Waals surface area contributed by atoms with E-state index in [2.05, 4.69) is 4.90 Å². The highest BCUT2D eigenvalue weighted by atomic mass is 16.5. The molecule has 3 rings (SSSR count). The van der Waals surface area contributed by atoms with E-state index in [9.17, 15) is 9.59 Å². The Morgan fingerprint density at radius 1 is 0.923 bits per heavy atom. The third kappa shape index (κ3) is 4.42. The summed E-state index contributed by atoms with van der Waals surface area (Å²) in [6, 6.07) is 15.3. The first-order valence-corrected chi connectivity index (χ1v) is 8.86. The van der Waals surface area contributed by atoms with Gasteiger partial charge in [-0.15, -0.1) is 0 Å². The van der Waals surface area contributed by atoms with Crippen LogP contribution >= 0.6 is 0 Å². The zero-order valence-electron chi connectivity index (χ0n) is 15.3. The van der Waals surface area contributed by atoms with Gasteiger partial charge >= 0.3 is 0 Å². The Balaban J connectivity index is 1.48. The highest BCUT2D eigenvalue weighted by molar-refractivity contribution is 5.94. The Labute approximate surface area is 154 Å². The van der Waals surface area contributed by atoms with Gasteiger partial charge in [-0.25, -0.2) is 0 Å². The Bertz CT molecular complexity index is 761. The van der Waals surface area contributed by atoms with E-state index < -0.39 is 0 Å². The SMILES string of the molecule is CC(=O)c1ccc(N2CCN(C(=O)COc3ccc(C)cc3)CC2)cc1. The monoisotopic (exact) mass is 352 g/mol. The van der Waals surface area contributed by atoms with Crippen molar-refractivity contribution >= 4 is 17.4 Å². The number of nitrogens with zero attached hydrogens (tertiary/aromatic N) is 2. The van der Waals surface area contributed by atoms with Crippen molar-refractivity contribution in [1.82, 2.24) is 4.90 Å². The van der Waals surface area contributed by atoms with E-state index in [-0.39, 0.29) is 18.3 Å². The number of anilines is 1. The number of benzene rings is 2. The van der Waals surface area contributed by atoms with Crippen LogP contribution in [0.4, 0.5) is 5.69 Å². The molecule has 0 unspecified atom stereocenters. The third-order valence-corrected chi connectivity index (χ3v) is 4.65. The summed E-state index contributed by atoms with van der Waals surface area (Å²) >= 11 is 0. The van der Waals surface area contributed by atoms with Crippen molar-refractivity contribution in [1.29, 1.82) is 0 Å². The van der Waals surface area contributed by atoms with E-state index in [0.29, 0.717) is 18.8 Å². The number of Topliss-reactive ketones (excluding diaryl/α,β-unsaturated/α-hetero) is 1. The fourth-order valence-corrected chi connectivity index (χ4v) is 2.99. The predicted molar refractivity (Wildman–Crippen MR) is 102 cm³/mol. The number of ketones is 1. The Kier molecular flexibility index (Phi) is 5.56. The summed E-state index contributed by atoms with van der Waals surface area (Å²) < 4.78 is 5.59. The molecule has 0 spiro atoms. The number of amides is 1. The number of hydrogen-bond acceptors (Lipinski definition) is 4. The van der Waals surface area contributed by atoms with Crippen molar-refractivity contribution < 1.29 is 14.3 Å². The number of hydrogen-bond donors (Lipinski definition) is 0. The number of ether oxygens (including phenoxy) is 1. The number of carbonyl (C=O) groups is 2. The average Bonchev–Trinajstić information content (AvgIpc) is 2.67. The van der Waals surface area contributed by atoms with Crippen molar-refractivity contribution in [2.45, 2.75) is 13.8 Å². The lowest BCUT2D eigenvalue weighted by Crippen LogP contribution is -2.50. The van der Waals surface area contributed by atoms with Gasteiger partial charge in [0.25, 0.3) is 5.91 Å². The molecule has 1 aliphatic heterocycles. The van der Waals surface area contributed by atoms with Crippen LogP contribution in [0.3, 0.4) is 0 Å². The Morgan fingerprint density at radius 2 is 1.54 bits per heavy atom. The molecule has 0 N–H and O–H groups in total. The van der Waals surface area contributed by atoms with E-state index >= 15 is 0 Å². The molecule has 0 atom stereocenters. The molecule has 5 heteroatoms. The van der Waals surface area contributed by atoms with Crippen LogP contribution in [0.2, 0.25) is 0 Å². The van der Waals surface area contributed by atoms with Gasteiger partial charge in [0.2, 0.25) is 0 Å². The lowest BCUT2D eigenvalue weighted by atomic mass is 10.1. The van der Waals surface area contributed by atoms with Crippen LogP contribution < -0.4 is 9.64 Å². The molecule has 0 aliphatic carbocycles. The normalized spacial score (nSPS) is 14.2. The zero-order valence-corrected chi connectivity index (χ0v) is 15.3. The van der Waals surface area contributed by atoms with Gasteiger partial charge in [0, 0.05) is 37.4 Å². The summed E-state index contributed by atoms with van der Waals surface area (Å²) in [5.41, 5.74) is 2.96. The van der Waals surface area contributed by atoms with Gasteiger partial charge < -0.3 is 14.5 Å². The van der Waals surface area contributed by atoms with Gasteiger partial charge in [0.1, 0.15) is 5.75 Å². The molecule has 1 saturated heterocycles. The lowest BCUT2D eigenvalue weighted by Gasteiger charge is -2.36. The first-order chi connectivity index (χ1) is 12.5. The fraction of sp³-hybridized carbons (Fsp3) is 0.333. The van der Waals surface area contributed by atoms with Crippen LogP contribution in [0.25, 0.3) is 0 Å². The van der Waals surface area contributed by atoms with E-state index in [1.54, 1.807) is 6.92 Å². The Morgan fingerprint density at radius 3 is 2.12 bits per heavy atom. The second kappa shape index (κ2) is 8.04. The summed E-state index contributed by atoms with van der Waals surface area (Å²) in [5.74, 6) is 0.797. The molecular formula is C21H24N2O3. The molecule has 1 aliphatic rings. The second-order valence-corrected chi connectivity index (χ2v) is 6.57. The molecule has 0 radical (unpaired) electrons. The van der Waals surface area contributed by atoms with Gasteiger partial charge in [0.15, 0.2) is 12.4 Å². The van der Waals surface area contributed by atoms with Crippen molar-refractivity contribution in [2.24, 2.45) is 0 Å². The highest BCUT2D eigenvalue weighted by Gasteiger charge is 2.21. The summed E-state index contributed by atoms with van der Waals surface area (Å²) in [7, 11) is 0. The molecule has 0 aromatic heterocycles. The summed E-state index contributed by atoms with van der Waals surface area (Å²) in [4.78, 5) is 27.8. The smallest absolute Gasteiger partial charge is 0.260 e. The van der Waals surface area contributed by atoms with Crippen LogP contribution in [0.15, 0.2) is 48.5 Å². The van der Waals surface area contributed by atoms with Crippen LogP contribution in [0.1, 0.15) is 22.8 Å². The van der Waals surface area contributed by atoms with Gasteiger partial charge in [0.05, 0.1) is 0 Å². The fourth-order valence-electron chi connectivity index (χ4n) is 2.99. The zero-order chi connectivity index (χ0) is 18.5. The first-order valence-electron chi connectivity index (χ1n) is 8.86. The molecule has 1 fully saturated rings. The Hall–Kier alpha value is -2.82. The largest absolute Gasteiger partial charge is 0.484 e. The van der Waals surface area contributed by atoms with E-state index in [1.165, 1.54) is 0 Å². The molecule has 0 bridgehead atoms. The van der Waals surface area contributed by atoms with Crippen molar-refractivity contribution in [3.05, 3.63) is 59.7 Å². The molecule has 2 aromatic carbocycles. The molecule has 5 nitrogen and oxygen atoms in total. The highest BCUT2D eigenvalue weighted by Crippen LogP contribution is 2.18. The summed E-state index contributed by atoms with van der Waals surface area (Å²) in [6.07, 6.45) is 0. The van der Waals surface area contributed by atoms with Gasteiger partial charge in [-0.2, -0.15) is 0 Å². The van der Waals surface area contributed by atoms with E-state index in [1.807, 2.05) is 60.4 Å². The van der Waals surface area contributed by atoms with Crippen LogP contribution in [-0.2, 0) is 4.79 Å². The number of piperazine rings is 1. The lowest BCUT2D eigenvalue weighted by molar-refractivity contribution is -0.133. The third-order valence-electron chi connectivity index (χ3n) is 4.65. The maximum atomic E-state index is 12.3. The van der Waals surface area contributed by atoms with Crippen LogP contribution in [0, 0.1) is 6.92 Å². The number of carbonyl (C=O) groups excluding carboxylic acids is 2. The first kappa shape index (κ1) is 18.0. The average molecular weight is 352 g/mol. The predicted octanol–water partition coefficient (Wildman–Crippen LogP) is 2.93. The van der Waals surface area contributed by atoms with Gasteiger partial charge in [-0.05, 0) is 50.2 Å². The topological polar surface area (TPSA) is 49.9 Å². The minimum Gasteiger partial charge on any atom is -0.484 e. The van der Waals surface area contributed by atoms with Crippen molar-refractivity contribution in [2.75, 3.05) is 37.7 Å². The van der Waals surface area contributed by atoms with Crippen LogP contribution in [0.5, 0.6) is 5.75 Å². The molecule has 1 amide bonds. The summed E-state index contributed by atoms with van der Waals surface area (Å²) in [5, 5.41) is 0. The number of rotatable bonds is 5. The standard InChI is InChI=1S/C21H24N2O3/c1-16-3-9-20(10-4-16)26-15-21(25)23-13-11-22(12-14-23)19-7-5-18(6-8-19)17(2)24/h3-10H,11-15H2,1-2H3. The van der Waals surface area contributed by atoms with Gasteiger partial charge in [-0.1, -0.05) is 17.7 Å². The van der Waals surface area contributed by atoms with E-state index in [0.717, 1.165) is 29.9 Å². The summed E-state index contributed by atoms with van der Waals surface area (Å²) in [6.45, 7) is 6.54. The molecule has 136 valence electrons. The molecule has 26 heavy (non-hydrogen) atoms. The van der Waals surface area contributed by atoms with Gasteiger partial charge in [-0.3, -0.25) is 9.59 Å². The quantitative estimate of drug-likeness (QED) is 0.777. The molecule has 0 saturated carbocycles. The molecule has 1 heterocycles. The minimum atomic E-state index is 0.0113. The van der Waals surface area contributed by atoms with E-state index in [4.69, 9.17) is 4.74 Å². The molecular weight excluding hydrogens is 328 g/mol.